The van der Waals surface area contributed by atoms with E-state index in [-0.39, 0.29) is 5.97 Å². The van der Waals surface area contributed by atoms with Crippen LogP contribution in [0.1, 0.15) is 50.3 Å². The molecule has 4 nitrogen and oxygen atoms in total. The number of piperidine rings is 2. The van der Waals surface area contributed by atoms with Crippen LogP contribution < -0.4 is 4.74 Å². The van der Waals surface area contributed by atoms with E-state index >= 15 is 0 Å². The molecule has 3 fully saturated rings. The second kappa shape index (κ2) is 5.60. The minimum absolute atomic E-state index is 0.258. The second-order valence-corrected chi connectivity index (χ2v) is 8.17. The molecule has 1 aliphatic carbocycles. The van der Waals surface area contributed by atoms with Crippen molar-refractivity contribution in [2.45, 2.75) is 51.5 Å². The normalized spacial score (nSPS) is 33.1. The highest BCUT2D eigenvalue weighted by atomic mass is 16.5. The number of fused-ring (bicyclic) bond motifs is 4. The van der Waals surface area contributed by atoms with E-state index in [1.165, 1.54) is 54.9 Å². The van der Waals surface area contributed by atoms with Crippen molar-refractivity contribution in [3.05, 3.63) is 29.5 Å². The fourth-order valence-corrected chi connectivity index (χ4v) is 5.90. The van der Waals surface area contributed by atoms with E-state index in [2.05, 4.69) is 22.9 Å². The van der Waals surface area contributed by atoms with Crippen LogP contribution in [0.25, 0.3) is 10.9 Å². The lowest BCUT2D eigenvalue weighted by atomic mass is 9.65. The molecular formula is C21H26N2O2. The largest absolute Gasteiger partial charge is 0.427 e. The summed E-state index contributed by atoms with van der Waals surface area (Å²) in [6, 6.07) is 6.72. The van der Waals surface area contributed by atoms with Crippen LogP contribution in [0.2, 0.25) is 0 Å². The first kappa shape index (κ1) is 15.4. The first-order valence-electron chi connectivity index (χ1n) is 9.71. The minimum atomic E-state index is -0.258. The smallest absolute Gasteiger partial charge is 0.308 e. The zero-order chi connectivity index (χ0) is 17.1. The maximum Gasteiger partial charge on any atom is 0.308 e. The predicted molar refractivity (Wildman–Crippen MR) is 97.9 cm³/mol. The number of H-pyrrole nitrogens is 1. The summed E-state index contributed by atoms with van der Waals surface area (Å²) < 4.78 is 5.32. The molecular weight excluding hydrogens is 312 g/mol. The first-order chi connectivity index (χ1) is 12.1. The summed E-state index contributed by atoms with van der Waals surface area (Å²) >= 11 is 0. The number of carbonyl (C=O) groups is 1. The Labute approximate surface area is 148 Å². The summed E-state index contributed by atoms with van der Waals surface area (Å²) in [6.45, 7) is 6.26. The topological polar surface area (TPSA) is 45.3 Å². The molecule has 4 heterocycles. The van der Waals surface area contributed by atoms with Crippen LogP contribution in [-0.4, -0.2) is 35.0 Å². The highest BCUT2D eigenvalue weighted by Crippen LogP contribution is 2.51. The summed E-state index contributed by atoms with van der Waals surface area (Å²) in [5, 5.41) is 1.24. The summed E-state index contributed by atoms with van der Waals surface area (Å²) in [5.74, 6) is 2.73. The minimum Gasteiger partial charge on any atom is -0.427 e. The first-order valence-corrected chi connectivity index (χ1v) is 9.71. The lowest BCUT2D eigenvalue weighted by Gasteiger charge is -2.53. The third-order valence-electron chi connectivity index (χ3n) is 6.75. The maximum atomic E-state index is 11.3. The molecule has 4 aliphatic rings. The van der Waals surface area contributed by atoms with Crippen LogP contribution in [0.3, 0.4) is 0 Å². The van der Waals surface area contributed by atoms with E-state index in [1.54, 1.807) is 0 Å². The van der Waals surface area contributed by atoms with Crippen molar-refractivity contribution in [3.8, 4) is 5.75 Å². The number of nitrogens with zero attached hydrogens (tertiary/aromatic N) is 1. The van der Waals surface area contributed by atoms with Gasteiger partial charge < -0.3 is 9.72 Å². The van der Waals surface area contributed by atoms with Gasteiger partial charge in [-0.15, -0.1) is 0 Å². The van der Waals surface area contributed by atoms with Crippen molar-refractivity contribution in [1.29, 1.82) is 0 Å². The predicted octanol–water partition coefficient (Wildman–Crippen LogP) is 3.85. The number of aromatic nitrogens is 1. The van der Waals surface area contributed by atoms with Gasteiger partial charge in [0, 0.05) is 48.6 Å². The van der Waals surface area contributed by atoms with Crippen molar-refractivity contribution in [2.24, 2.45) is 11.8 Å². The van der Waals surface area contributed by atoms with Crippen molar-refractivity contribution in [2.75, 3.05) is 13.1 Å². The van der Waals surface area contributed by atoms with Gasteiger partial charge in [0.15, 0.2) is 0 Å². The Morgan fingerprint density at radius 1 is 1.36 bits per heavy atom. The van der Waals surface area contributed by atoms with E-state index in [4.69, 9.17) is 4.74 Å². The molecule has 2 saturated heterocycles. The lowest BCUT2D eigenvalue weighted by molar-refractivity contribution is -0.131. The van der Waals surface area contributed by atoms with Crippen LogP contribution in [0.15, 0.2) is 18.2 Å². The number of hydrogen-bond acceptors (Lipinski definition) is 3. The number of esters is 1. The molecule has 0 amide bonds. The van der Waals surface area contributed by atoms with E-state index < -0.39 is 0 Å². The van der Waals surface area contributed by atoms with Gasteiger partial charge in [0.05, 0.1) is 0 Å². The van der Waals surface area contributed by atoms with Gasteiger partial charge in [-0.25, -0.2) is 0 Å². The summed E-state index contributed by atoms with van der Waals surface area (Å²) in [4.78, 5) is 17.8. The van der Waals surface area contributed by atoms with Crippen LogP contribution >= 0.6 is 0 Å². The molecule has 0 spiro atoms. The molecule has 1 aromatic carbocycles. The molecule has 6 rings (SSSR count). The fraction of sp³-hybridized carbons (Fsp3) is 0.571. The van der Waals surface area contributed by atoms with Crippen molar-refractivity contribution in [3.63, 3.8) is 0 Å². The molecule has 25 heavy (non-hydrogen) atoms. The van der Waals surface area contributed by atoms with Crippen molar-refractivity contribution >= 4 is 16.9 Å². The molecule has 4 bridgehead atoms. The van der Waals surface area contributed by atoms with E-state index in [9.17, 15) is 4.79 Å². The molecule has 4 heteroatoms. The van der Waals surface area contributed by atoms with Gasteiger partial charge in [-0.2, -0.15) is 0 Å². The van der Waals surface area contributed by atoms with Crippen LogP contribution in [0, 0.1) is 11.8 Å². The Bertz CT molecular complexity index is 840. The quantitative estimate of drug-likeness (QED) is 0.668. The van der Waals surface area contributed by atoms with Gasteiger partial charge in [-0.1, -0.05) is 13.3 Å². The highest BCUT2D eigenvalue weighted by molar-refractivity contribution is 5.87. The third-order valence-corrected chi connectivity index (χ3v) is 6.75. The van der Waals surface area contributed by atoms with Crippen LogP contribution in [0.4, 0.5) is 0 Å². The number of benzene rings is 1. The number of nitrogens with one attached hydrogen (secondary N) is 1. The standard InChI is InChI=1S/C21H26N2O2/c1-3-14-8-13-9-18-20-16(6-7-23(11-13)21(14)18)17-10-15(25-12(2)24)4-5-19(17)22-20/h4-5,10,13-14,18,21-22H,3,6-9,11H2,1-2H3/t13-,14+,18-,21-/m0/s1. The third kappa shape index (κ3) is 2.34. The summed E-state index contributed by atoms with van der Waals surface area (Å²) in [5.41, 5.74) is 4.10. The number of aromatic amines is 1. The molecule has 0 radical (unpaired) electrons. The van der Waals surface area contributed by atoms with Crippen molar-refractivity contribution < 1.29 is 9.53 Å². The number of ether oxygens (including phenoxy) is 1. The zero-order valence-electron chi connectivity index (χ0n) is 15.0. The van der Waals surface area contributed by atoms with Crippen molar-refractivity contribution in [1.82, 2.24) is 9.88 Å². The van der Waals surface area contributed by atoms with Gasteiger partial charge in [0.2, 0.25) is 0 Å². The molecule has 1 saturated carbocycles. The van der Waals surface area contributed by atoms with Crippen LogP contribution in [-0.2, 0) is 11.2 Å². The average Bonchev–Trinajstić information content (AvgIpc) is 2.91. The molecule has 5 atom stereocenters. The zero-order valence-corrected chi connectivity index (χ0v) is 15.0. The van der Waals surface area contributed by atoms with Crippen LogP contribution in [0.5, 0.6) is 5.75 Å². The Balaban J connectivity index is 1.61. The Morgan fingerprint density at radius 3 is 3.04 bits per heavy atom. The van der Waals surface area contributed by atoms with E-state index in [0.717, 1.165) is 24.8 Å². The fourth-order valence-electron chi connectivity index (χ4n) is 5.90. The lowest BCUT2D eigenvalue weighted by Crippen LogP contribution is -2.56. The molecule has 1 aromatic heterocycles. The van der Waals surface area contributed by atoms with Gasteiger partial charge in [0.1, 0.15) is 5.75 Å². The Hall–Kier alpha value is -1.81. The van der Waals surface area contributed by atoms with Gasteiger partial charge in [-0.3, -0.25) is 9.69 Å². The van der Waals surface area contributed by atoms with Gasteiger partial charge >= 0.3 is 5.97 Å². The Morgan fingerprint density at radius 2 is 2.24 bits per heavy atom. The molecule has 1 N–H and O–H groups in total. The van der Waals surface area contributed by atoms with E-state index in [1.807, 2.05) is 12.1 Å². The summed E-state index contributed by atoms with van der Waals surface area (Å²) in [7, 11) is 0. The Kier molecular flexibility index (Phi) is 3.46. The monoisotopic (exact) mass is 338 g/mol. The average molecular weight is 338 g/mol. The molecule has 132 valence electrons. The van der Waals surface area contributed by atoms with E-state index in [0.29, 0.717) is 17.7 Å². The highest BCUT2D eigenvalue weighted by Gasteiger charge is 2.48. The number of carbonyl (C=O) groups excluding carboxylic acids is 1. The van der Waals surface area contributed by atoms with Gasteiger partial charge in [-0.05, 0) is 54.9 Å². The SMILES string of the molecule is CC[C@@H]1C[C@H]2C[C@H]3c4[nH]c5ccc(OC(C)=O)cc5c4CCN(C2)[C@@H]13. The second-order valence-electron chi connectivity index (χ2n) is 8.17. The molecule has 3 aliphatic heterocycles. The number of hydrogen-bond donors (Lipinski definition) is 1. The molecule has 2 aromatic rings. The summed E-state index contributed by atoms with van der Waals surface area (Å²) in [6.07, 6.45) is 5.13. The number of rotatable bonds is 2. The molecule has 1 unspecified atom stereocenters. The maximum absolute atomic E-state index is 11.3. The van der Waals surface area contributed by atoms with Gasteiger partial charge in [0.25, 0.3) is 0 Å².